The molecule has 0 aliphatic heterocycles. The van der Waals surface area contributed by atoms with Gasteiger partial charge in [-0.1, -0.05) is 6.08 Å². The van der Waals surface area contributed by atoms with Crippen molar-refractivity contribution in [2.24, 2.45) is 5.73 Å². The highest BCUT2D eigenvalue weighted by atomic mass is 32.1. The number of hydrogen-bond donors (Lipinski definition) is 1. The first-order chi connectivity index (χ1) is 5.65. The Kier molecular flexibility index (Phi) is 3.06. The molecule has 0 fully saturated rings. The first-order valence-electron chi connectivity index (χ1n) is 4.08. The second-order valence-corrected chi connectivity index (χ2v) is 4.31. The molecule has 0 radical (unpaired) electrons. The van der Waals surface area contributed by atoms with Gasteiger partial charge in [-0.05, 0) is 31.9 Å². The molecule has 2 N–H and O–H groups in total. The van der Waals surface area contributed by atoms with Crippen molar-refractivity contribution in [1.29, 1.82) is 0 Å². The van der Waals surface area contributed by atoms with E-state index in [2.05, 4.69) is 26.5 Å². The van der Waals surface area contributed by atoms with Gasteiger partial charge in [0.15, 0.2) is 0 Å². The molecule has 1 atom stereocenters. The molecule has 0 bridgehead atoms. The normalized spacial score (nSPS) is 12.9. The number of hydrogen-bond acceptors (Lipinski definition) is 2. The van der Waals surface area contributed by atoms with Gasteiger partial charge in [0.2, 0.25) is 0 Å². The molecule has 1 aromatic heterocycles. The van der Waals surface area contributed by atoms with Gasteiger partial charge < -0.3 is 5.73 Å². The van der Waals surface area contributed by atoms with Gasteiger partial charge in [0.05, 0.1) is 0 Å². The average Bonchev–Trinajstić information content (AvgIpc) is 2.33. The average molecular weight is 181 g/mol. The third-order valence-corrected chi connectivity index (χ3v) is 3.26. The summed E-state index contributed by atoms with van der Waals surface area (Å²) in [5.74, 6) is 0. The molecule has 1 aromatic rings. The second kappa shape index (κ2) is 3.87. The molecule has 0 aliphatic carbocycles. The Labute approximate surface area is 77.9 Å². The Hall–Kier alpha value is -0.600. The Balaban J connectivity index is 2.80. The lowest BCUT2D eigenvalue weighted by Crippen LogP contribution is -2.06. The molecule has 66 valence electrons. The SMILES string of the molecule is C=CC[C@H](N)c1cc(C)c(C)s1. The minimum Gasteiger partial charge on any atom is -0.323 e. The summed E-state index contributed by atoms with van der Waals surface area (Å²) in [4.78, 5) is 2.63. The summed E-state index contributed by atoms with van der Waals surface area (Å²) in [6.45, 7) is 7.93. The van der Waals surface area contributed by atoms with Crippen LogP contribution in [0, 0.1) is 13.8 Å². The van der Waals surface area contributed by atoms with Crippen LogP contribution in [0.5, 0.6) is 0 Å². The Morgan fingerprint density at radius 2 is 2.33 bits per heavy atom. The highest BCUT2D eigenvalue weighted by molar-refractivity contribution is 7.12. The first kappa shape index (κ1) is 9.49. The van der Waals surface area contributed by atoms with Crippen molar-refractivity contribution < 1.29 is 0 Å². The predicted octanol–water partition coefficient (Wildman–Crippen LogP) is 2.94. The Bertz CT molecular complexity index is 256. The van der Waals surface area contributed by atoms with Crippen LogP contribution < -0.4 is 5.73 Å². The molecular formula is C10H15NS. The summed E-state index contributed by atoms with van der Waals surface area (Å²) in [6.07, 6.45) is 2.73. The van der Waals surface area contributed by atoms with Crippen molar-refractivity contribution in [3.63, 3.8) is 0 Å². The minimum absolute atomic E-state index is 0.139. The second-order valence-electron chi connectivity index (χ2n) is 3.02. The van der Waals surface area contributed by atoms with Gasteiger partial charge in [-0.15, -0.1) is 17.9 Å². The monoisotopic (exact) mass is 181 g/mol. The lowest BCUT2D eigenvalue weighted by atomic mass is 10.1. The van der Waals surface area contributed by atoms with E-state index in [0.29, 0.717) is 0 Å². The van der Waals surface area contributed by atoms with E-state index < -0.39 is 0 Å². The molecule has 0 unspecified atom stereocenters. The van der Waals surface area contributed by atoms with E-state index in [1.807, 2.05) is 6.08 Å². The van der Waals surface area contributed by atoms with E-state index in [4.69, 9.17) is 5.73 Å². The molecule has 0 aromatic carbocycles. The summed E-state index contributed by atoms with van der Waals surface area (Å²) < 4.78 is 0. The Morgan fingerprint density at radius 3 is 2.75 bits per heavy atom. The van der Waals surface area contributed by atoms with Crippen LogP contribution >= 0.6 is 11.3 Å². The van der Waals surface area contributed by atoms with Crippen LogP contribution in [0.25, 0.3) is 0 Å². The fraction of sp³-hybridized carbons (Fsp3) is 0.400. The van der Waals surface area contributed by atoms with Gasteiger partial charge in [0, 0.05) is 15.8 Å². The van der Waals surface area contributed by atoms with Crippen molar-refractivity contribution in [3.05, 3.63) is 34.0 Å². The molecule has 0 amide bonds. The van der Waals surface area contributed by atoms with E-state index in [9.17, 15) is 0 Å². The maximum atomic E-state index is 5.93. The molecule has 1 nitrogen and oxygen atoms in total. The van der Waals surface area contributed by atoms with Crippen LogP contribution in [-0.2, 0) is 0 Å². The third-order valence-electron chi connectivity index (χ3n) is 1.97. The molecule has 0 aliphatic rings. The summed E-state index contributed by atoms with van der Waals surface area (Å²) in [5, 5.41) is 0. The van der Waals surface area contributed by atoms with Crippen molar-refractivity contribution >= 4 is 11.3 Å². The third kappa shape index (κ3) is 1.96. The maximum Gasteiger partial charge on any atom is 0.0424 e. The van der Waals surface area contributed by atoms with Gasteiger partial charge in [-0.25, -0.2) is 0 Å². The fourth-order valence-corrected chi connectivity index (χ4v) is 2.14. The standard InChI is InChI=1S/C10H15NS/c1-4-5-9(11)10-6-7(2)8(3)12-10/h4,6,9H,1,5,11H2,2-3H3/t9-/m0/s1. The van der Waals surface area contributed by atoms with E-state index in [0.717, 1.165) is 6.42 Å². The molecular weight excluding hydrogens is 166 g/mol. The first-order valence-corrected chi connectivity index (χ1v) is 4.90. The highest BCUT2D eigenvalue weighted by Gasteiger charge is 2.07. The smallest absolute Gasteiger partial charge is 0.0424 e. The number of rotatable bonds is 3. The van der Waals surface area contributed by atoms with Crippen molar-refractivity contribution in [3.8, 4) is 0 Å². The molecule has 1 heterocycles. The van der Waals surface area contributed by atoms with E-state index >= 15 is 0 Å². The molecule has 1 rings (SSSR count). The van der Waals surface area contributed by atoms with Crippen LogP contribution in [0.3, 0.4) is 0 Å². The lowest BCUT2D eigenvalue weighted by Gasteiger charge is -2.04. The van der Waals surface area contributed by atoms with Crippen LogP contribution in [-0.4, -0.2) is 0 Å². The number of nitrogens with two attached hydrogens (primary N) is 1. The van der Waals surface area contributed by atoms with Gasteiger partial charge in [0.1, 0.15) is 0 Å². The lowest BCUT2D eigenvalue weighted by molar-refractivity contribution is 0.757. The molecule has 0 saturated heterocycles. The van der Waals surface area contributed by atoms with Gasteiger partial charge in [0.25, 0.3) is 0 Å². The fourth-order valence-electron chi connectivity index (χ4n) is 1.08. The zero-order valence-corrected chi connectivity index (χ0v) is 8.45. The van der Waals surface area contributed by atoms with Gasteiger partial charge >= 0.3 is 0 Å². The maximum absolute atomic E-state index is 5.93. The van der Waals surface area contributed by atoms with Gasteiger partial charge in [-0.2, -0.15) is 0 Å². The van der Waals surface area contributed by atoms with Crippen molar-refractivity contribution in [2.45, 2.75) is 26.3 Å². The molecule has 12 heavy (non-hydrogen) atoms. The summed E-state index contributed by atoms with van der Waals surface area (Å²) >= 11 is 1.79. The highest BCUT2D eigenvalue weighted by Crippen LogP contribution is 2.26. The number of thiophene rings is 1. The van der Waals surface area contributed by atoms with E-state index in [1.54, 1.807) is 11.3 Å². The zero-order valence-electron chi connectivity index (χ0n) is 7.63. The van der Waals surface area contributed by atoms with E-state index in [-0.39, 0.29) is 6.04 Å². The number of aryl methyl sites for hydroxylation is 2. The molecule has 2 heteroatoms. The summed E-state index contributed by atoms with van der Waals surface area (Å²) in [6, 6.07) is 2.31. The predicted molar refractivity (Wildman–Crippen MR) is 55.5 cm³/mol. The molecule has 0 spiro atoms. The van der Waals surface area contributed by atoms with Crippen molar-refractivity contribution in [2.75, 3.05) is 0 Å². The van der Waals surface area contributed by atoms with E-state index in [1.165, 1.54) is 15.3 Å². The molecule has 0 saturated carbocycles. The largest absolute Gasteiger partial charge is 0.323 e. The van der Waals surface area contributed by atoms with Crippen LogP contribution in [0.4, 0.5) is 0 Å². The van der Waals surface area contributed by atoms with Crippen molar-refractivity contribution in [1.82, 2.24) is 0 Å². The topological polar surface area (TPSA) is 26.0 Å². The minimum atomic E-state index is 0.139. The quantitative estimate of drug-likeness (QED) is 0.713. The van der Waals surface area contributed by atoms with Crippen LogP contribution in [0.1, 0.15) is 27.8 Å². The van der Waals surface area contributed by atoms with Gasteiger partial charge in [-0.3, -0.25) is 0 Å². The summed E-state index contributed by atoms with van der Waals surface area (Å²) in [5.41, 5.74) is 7.27. The van der Waals surface area contributed by atoms with Crippen LogP contribution in [0.2, 0.25) is 0 Å². The summed E-state index contributed by atoms with van der Waals surface area (Å²) in [7, 11) is 0. The zero-order chi connectivity index (χ0) is 9.14. The Morgan fingerprint density at radius 1 is 1.67 bits per heavy atom. The van der Waals surface area contributed by atoms with Crippen LogP contribution in [0.15, 0.2) is 18.7 Å².